The molecule has 2 aromatic heterocycles. The van der Waals surface area contributed by atoms with E-state index in [0.717, 1.165) is 0 Å². The highest BCUT2D eigenvalue weighted by Gasteiger charge is 2.26. The van der Waals surface area contributed by atoms with Crippen molar-refractivity contribution in [2.24, 2.45) is 24.4 Å². The maximum absolute atomic E-state index is 11.7. The normalized spacial score (nSPS) is 10.7. The average Bonchev–Trinajstić information content (AvgIpc) is 3.18. The van der Waals surface area contributed by atoms with Crippen LogP contribution in [0.3, 0.4) is 0 Å². The van der Waals surface area contributed by atoms with Crippen molar-refractivity contribution in [1.29, 1.82) is 0 Å². The molecule has 0 amide bonds. The Balaban J connectivity index is 0. The van der Waals surface area contributed by atoms with Gasteiger partial charge in [0.15, 0.2) is 0 Å². The lowest BCUT2D eigenvalue weighted by Crippen LogP contribution is -2.13. The summed E-state index contributed by atoms with van der Waals surface area (Å²) >= 11 is 5.76. The number of carbonyl (C=O) groups excluding carboxylic acids is 2. The number of aromatic nitrogens is 2. The first-order valence-electron chi connectivity index (χ1n) is 9.18. The Labute approximate surface area is 211 Å². The highest BCUT2D eigenvalue weighted by Crippen LogP contribution is 2.26. The Morgan fingerprint density at radius 1 is 0.914 bits per heavy atom. The molecule has 2 rings (SSSR count). The van der Waals surface area contributed by atoms with Crippen LogP contribution in [0.25, 0.3) is 6.08 Å². The standard InChI is InChI=1S/C10H14N2O4S.C8H11ClN2O4S.2CH4/c1-4-7-8(17(11,14)15)6-12(3)9(7)10(13)16-5-2;1-3-15-8(12)7-6(9)5(4-11(7)2)16(10,13)14;;/h4,6H,1,5H2,2-3H3,(H2,11,14,15);4H,3H2,1-2H3,(H2,10,13,14);2*1H4. The second-order valence-electron chi connectivity index (χ2n) is 6.37. The van der Waals surface area contributed by atoms with E-state index in [1.807, 2.05) is 0 Å². The molecule has 200 valence electrons. The molecule has 0 unspecified atom stereocenters. The van der Waals surface area contributed by atoms with Gasteiger partial charge >= 0.3 is 11.9 Å². The summed E-state index contributed by atoms with van der Waals surface area (Å²) in [6.07, 6.45) is 3.70. The Morgan fingerprint density at radius 2 is 1.29 bits per heavy atom. The first-order valence-corrected chi connectivity index (χ1v) is 12.6. The number of hydrogen-bond donors (Lipinski definition) is 2. The second-order valence-corrected chi connectivity index (χ2v) is 9.81. The van der Waals surface area contributed by atoms with Crippen LogP contribution in [0.5, 0.6) is 0 Å². The summed E-state index contributed by atoms with van der Waals surface area (Å²) in [5.74, 6) is -1.30. The fourth-order valence-corrected chi connectivity index (χ4v) is 4.72. The number of hydrogen-bond acceptors (Lipinski definition) is 8. The molecule has 0 saturated heterocycles. The highest BCUT2D eigenvalue weighted by molar-refractivity contribution is 7.89. The van der Waals surface area contributed by atoms with Gasteiger partial charge < -0.3 is 18.6 Å². The van der Waals surface area contributed by atoms with Gasteiger partial charge in [-0.15, -0.1) is 0 Å². The molecule has 2 aromatic rings. The molecule has 0 radical (unpaired) electrons. The Kier molecular flexibility index (Phi) is 13.3. The second kappa shape index (κ2) is 13.4. The third-order valence-electron chi connectivity index (χ3n) is 4.03. The zero-order chi connectivity index (χ0) is 25.7. The molecule has 0 aliphatic carbocycles. The number of rotatable bonds is 7. The van der Waals surface area contributed by atoms with Crippen molar-refractivity contribution in [2.45, 2.75) is 38.5 Å². The third kappa shape index (κ3) is 8.21. The molecule has 0 bridgehead atoms. The Morgan fingerprint density at radius 3 is 1.63 bits per heavy atom. The first kappa shape index (κ1) is 34.5. The third-order valence-corrected chi connectivity index (χ3v) is 6.38. The minimum atomic E-state index is -3.94. The summed E-state index contributed by atoms with van der Waals surface area (Å²) in [5.41, 5.74) is 0.242. The predicted molar refractivity (Wildman–Crippen MR) is 134 cm³/mol. The molecule has 0 spiro atoms. The number of sulfonamides is 2. The number of nitrogens with two attached hydrogens (primary N) is 2. The number of nitrogens with zero attached hydrogens (tertiary/aromatic N) is 2. The van der Waals surface area contributed by atoms with Gasteiger partial charge in [-0.25, -0.2) is 36.7 Å². The minimum absolute atomic E-state index is 0. The molecular weight excluding hydrogens is 524 g/mol. The van der Waals surface area contributed by atoms with Crippen molar-refractivity contribution in [1.82, 2.24) is 9.13 Å². The van der Waals surface area contributed by atoms with Gasteiger partial charge in [0.2, 0.25) is 20.0 Å². The van der Waals surface area contributed by atoms with Gasteiger partial charge in [0.25, 0.3) is 0 Å². The lowest BCUT2D eigenvalue weighted by molar-refractivity contribution is 0.0505. The van der Waals surface area contributed by atoms with Gasteiger partial charge in [-0.1, -0.05) is 39.1 Å². The van der Waals surface area contributed by atoms with E-state index in [2.05, 4.69) is 6.58 Å². The van der Waals surface area contributed by atoms with Crippen molar-refractivity contribution in [3.63, 3.8) is 0 Å². The quantitative estimate of drug-likeness (QED) is 0.486. The predicted octanol–water partition coefficient (Wildman–Crippen LogP) is 2.27. The Hall–Kier alpha value is -2.65. The van der Waals surface area contributed by atoms with E-state index in [0.29, 0.717) is 0 Å². The Bertz CT molecular complexity index is 1280. The zero-order valence-electron chi connectivity index (χ0n) is 18.4. The first-order chi connectivity index (χ1) is 15.1. The molecule has 4 N–H and O–H groups in total. The molecule has 0 aliphatic rings. The van der Waals surface area contributed by atoms with Crippen molar-refractivity contribution in [3.8, 4) is 0 Å². The summed E-state index contributed by atoms with van der Waals surface area (Å²) in [4.78, 5) is 22.7. The summed E-state index contributed by atoms with van der Waals surface area (Å²) < 4.78 is 57.1. The van der Waals surface area contributed by atoms with Gasteiger partial charge in [0, 0.05) is 32.1 Å². The molecule has 12 nitrogen and oxygen atoms in total. The molecule has 0 atom stereocenters. The van der Waals surface area contributed by atoms with E-state index < -0.39 is 32.0 Å². The lowest BCUT2D eigenvalue weighted by Gasteiger charge is -2.04. The van der Waals surface area contributed by atoms with E-state index in [1.165, 1.54) is 41.7 Å². The van der Waals surface area contributed by atoms with E-state index in [1.54, 1.807) is 13.8 Å². The fourth-order valence-electron chi connectivity index (χ4n) is 2.69. The van der Waals surface area contributed by atoms with Crippen LogP contribution >= 0.6 is 11.6 Å². The van der Waals surface area contributed by atoms with Gasteiger partial charge in [-0.3, -0.25) is 0 Å². The maximum Gasteiger partial charge on any atom is 0.356 e. The lowest BCUT2D eigenvalue weighted by atomic mass is 10.2. The number of aryl methyl sites for hydroxylation is 2. The van der Waals surface area contributed by atoms with E-state index >= 15 is 0 Å². The number of esters is 2. The molecule has 0 aliphatic heterocycles. The smallest absolute Gasteiger partial charge is 0.356 e. The molecule has 0 saturated carbocycles. The highest BCUT2D eigenvalue weighted by atomic mass is 35.5. The van der Waals surface area contributed by atoms with E-state index in [4.69, 9.17) is 31.4 Å². The van der Waals surface area contributed by atoms with E-state index in [9.17, 15) is 26.4 Å². The van der Waals surface area contributed by atoms with Gasteiger partial charge in [0.1, 0.15) is 21.2 Å². The number of ether oxygens (including phenoxy) is 2. The summed E-state index contributed by atoms with van der Waals surface area (Å²) in [6.45, 7) is 7.15. The van der Waals surface area contributed by atoms with Crippen molar-refractivity contribution < 1.29 is 35.9 Å². The minimum Gasteiger partial charge on any atom is -0.461 e. The van der Waals surface area contributed by atoms with Crippen LogP contribution in [0.15, 0.2) is 28.8 Å². The van der Waals surface area contributed by atoms with Crippen LogP contribution in [0.2, 0.25) is 5.02 Å². The zero-order valence-corrected chi connectivity index (χ0v) is 20.8. The number of primary sulfonamides is 2. The summed E-state index contributed by atoms with van der Waals surface area (Å²) in [7, 11) is -4.83. The van der Waals surface area contributed by atoms with Gasteiger partial charge in [-0.2, -0.15) is 0 Å². The largest absolute Gasteiger partial charge is 0.461 e. The van der Waals surface area contributed by atoms with Crippen molar-refractivity contribution in [2.75, 3.05) is 13.2 Å². The molecule has 0 fully saturated rings. The van der Waals surface area contributed by atoms with Gasteiger partial charge in [0.05, 0.1) is 18.2 Å². The van der Waals surface area contributed by atoms with Crippen LogP contribution in [-0.4, -0.2) is 51.1 Å². The SMILES string of the molecule is C.C.C=Cc1c(S(N)(=O)=O)cn(C)c1C(=O)OCC.CCOC(=O)c1c(Cl)c(S(N)(=O)=O)cn1C. The summed E-state index contributed by atoms with van der Waals surface area (Å²) in [6, 6.07) is 0. The summed E-state index contributed by atoms with van der Waals surface area (Å²) in [5, 5.41) is 9.77. The van der Waals surface area contributed by atoms with Crippen LogP contribution in [-0.2, 0) is 43.6 Å². The molecule has 15 heteroatoms. The molecule has 2 heterocycles. The molecule has 0 aromatic carbocycles. The van der Waals surface area contributed by atoms with Crippen LogP contribution in [0, 0.1) is 0 Å². The van der Waals surface area contributed by atoms with Crippen molar-refractivity contribution >= 4 is 49.7 Å². The van der Waals surface area contributed by atoms with Crippen LogP contribution in [0.4, 0.5) is 0 Å². The monoisotopic (exact) mass is 556 g/mol. The number of carbonyl (C=O) groups is 2. The average molecular weight is 557 g/mol. The maximum atomic E-state index is 11.7. The fraction of sp³-hybridized carbons (Fsp3) is 0.400. The van der Waals surface area contributed by atoms with Crippen LogP contribution < -0.4 is 10.3 Å². The molecular formula is C20H33ClN4O8S2. The van der Waals surface area contributed by atoms with Crippen LogP contribution in [0.1, 0.15) is 55.2 Å². The number of halogens is 1. The van der Waals surface area contributed by atoms with E-state index in [-0.39, 0.29) is 59.8 Å². The topological polar surface area (TPSA) is 183 Å². The van der Waals surface area contributed by atoms with Gasteiger partial charge in [-0.05, 0) is 13.8 Å². The molecule has 35 heavy (non-hydrogen) atoms. The van der Waals surface area contributed by atoms with Crippen molar-refractivity contribution in [3.05, 3.63) is 40.9 Å².